The molecular weight excluding hydrogens is 236 g/mol. The lowest BCUT2D eigenvalue weighted by Crippen LogP contribution is -2.26. The van der Waals surface area contributed by atoms with E-state index in [9.17, 15) is 4.79 Å². The Kier molecular flexibility index (Phi) is 4.62. The summed E-state index contributed by atoms with van der Waals surface area (Å²) in [6.45, 7) is 7.10. The molecule has 0 spiro atoms. The maximum atomic E-state index is 12.6. The molecule has 1 fully saturated rings. The first-order valence-electron chi connectivity index (χ1n) is 7.37. The van der Waals surface area contributed by atoms with Gasteiger partial charge in [-0.2, -0.15) is 0 Å². The molecule has 1 aromatic rings. The Morgan fingerprint density at radius 1 is 1.21 bits per heavy atom. The fourth-order valence-corrected chi connectivity index (χ4v) is 3.30. The van der Waals surface area contributed by atoms with Gasteiger partial charge in [-0.05, 0) is 50.2 Å². The van der Waals surface area contributed by atoms with E-state index in [1.165, 1.54) is 6.42 Å². The molecule has 0 aromatic heterocycles. The van der Waals surface area contributed by atoms with Crippen molar-refractivity contribution in [1.29, 1.82) is 0 Å². The third-order valence-corrected chi connectivity index (χ3v) is 3.98. The predicted octanol–water partition coefficient (Wildman–Crippen LogP) is 4.34. The minimum absolute atomic E-state index is 0.190. The molecule has 0 aliphatic heterocycles. The number of Topliss-reactive ketones (excluding diaryl/α,β-unsaturated/α-hetero) is 1. The largest absolute Gasteiger partial charge is 0.494 e. The second kappa shape index (κ2) is 6.23. The summed E-state index contributed by atoms with van der Waals surface area (Å²) in [4.78, 5) is 12.6. The monoisotopic (exact) mass is 260 g/mol. The fourth-order valence-electron chi connectivity index (χ4n) is 3.30. The molecule has 19 heavy (non-hydrogen) atoms. The first-order chi connectivity index (χ1) is 9.10. The molecule has 2 rings (SSSR count). The number of ketones is 1. The normalized spacial score (nSPS) is 27.0. The van der Waals surface area contributed by atoms with Gasteiger partial charge in [0.15, 0.2) is 5.78 Å². The summed E-state index contributed by atoms with van der Waals surface area (Å²) in [5.74, 6) is 2.60. The number of rotatable bonds is 4. The molecule has 2 nitrogen and oxygen atoms in total. The minimum atomic E-state index is 0.190. The van der Waals surface area contributed by atoms with Crippen LogP contribution in [0.4, 0.5) is 0 Å². The molecule has 2 heteroatoms. The van der Waals surface area contributed by atoms with Gasteiger partial charge in [0, 0.05) is 11.5 Å². The van der Waals surface area contributed by atoms with Crippen molar-refractivity contribution < 1.29 is 9.53 Å². The van der Waals surface area contributed by atoms with Crippen molar-refractivity contribution in [2.24, 2.45) is 17.8 Å². The molecule has 0 bridgehead atoms. The summed E-state index contributed by atoms with van der Waals surface area (Å²) in [5, 5.41) is 0. The van der Waals surface area contributed by atoms with Crippen molar-refractivity contribution in [3.63, 3.8) is 0 Å². The van der Waals surface area contributed by atoms with Gasteiger partial charge < -0.3 is 4.74 Å². The van der Waals surface area contributed by atoms with E-state index in [0.29, 0.717) is 24.2 Å². The lowest BCUT2D eigenvalue weighted by atomic mass is 9.74. The first-order valence-corrected chi connectivity index (χ1v) is 7.37. The van der Waals surface area contributed by atoms with Gasteiger partial charge in [0.25, 0.3) is 0 Å². The van der Waals surface area contributed by atoms with E-state index in [1.54, 1.807) is 0 Å². The second-order valence-corrected chi connectivity index (χ2v) is 5.94. The van der Waals surface area contributed by atoms with Gasteiger partial charge in [-0.1, -0.05) is 26.0 Å². The van der Waals surface area contributed by atoms with Gasteiger partial charge in [-0.25, -0.2) is 0 Å². The van der Waals surface area contributed by atoms with Crippen LogP contribution in [-0.4, -0.2) is 12.4 Å². The van der Waals surface area contributed by atoms with E-state index < -0.39 is 0 Å². The number of carbonyl (C=O) groups is 1. The van der Waals surface area contributed by atoms with Crippen molar-refractivity contribution in [2.75, 3.05) is 6.61 Å². The van der Waals surface area contributed by atoms with Crippen LogP contribution in [0.15, 0.2) is 24.3 Å². The lowest BCUT2D eigenvalue weighted by Gasteiger charge is -2.30. The van der Waals surface area contributed by atoms with Crippen molar-refractivity contribution in [2.45, 2.75) is 40.0 Å². The first kappa shape index (κ1) is 14.1. The van der Waals surface area contributed by atoms with Crippen LogP contribution >= 0.6 is 0 Å². The van der Waals surface area contributed by atoms with Gasteiger partial charge in [-0.3, -0.25) is 4.79 Å². The van der Waals surface area contributed by atoms with Crippen molar-refractivity contribution in [3.8, 4) is 5.75 Å². The smallest absolute Gasteiger partial charge is 0.166 e. The fraction of sp³-hybridized carbons (Fsp3) is 0.588. The lowest BCUT2D eigenvalue weighted by molar-refractivity contribution is 0.0835. The molecule has 0 N–H and O–H groups in total. The molecule has 0 saturated heterocycles. The van der Waals surface area contributed by atoms with E-state index in [0.717, 1.165) is 24.2 Å². The van der Waals surface area contributed by atoms with E-state index in [4.69, 9.17) is 4.74 Å². The Hall–Kier alpha value is -1.31. The van der Waals surface area contributed by atoms with Crippen LogP contribution in [0, 0.1) is 17.8 Å². The standard InChI is InChI=1S/C17H24O2/c1-4-19-16-7-5-6-14(11-16)17(18)15-9-12(2)8-13(3)10-15/h5-7,11-13,15H,4,8-10H2,1-3H3. The Bertz CT molecular complexity index is 429. The van der Waals surface area contributed by atoms with Crippen LogP contribution in [0.25, 0.3) is 0 Å². The number of benzene rings is 1. The van der Waals surface area contributed by atoms with Crippen molar-refractivity contribution in [3.05, 3.63) is 29.8 Å². The molecule has 2 unspecified atom stereocenters. The molecule has 0 amide bonds. The highest BCUT2D eigenvalue weighted by atomic mass is 16.5. The average Bonchev–Trinajstić information content (AvgIpc) is 2.37. The van der Waals surface area contributed by atoms with Gasteiger partial charge in [0.2, 0.25) is 0 Å². The number of ether oxygens (including phenoxy) is 1. The molecular formula is C17H24O2. The summed E-state index contributed by atoms with van der Waals surface area (Å²) in [6, 6.07) is 7.62. The Labute approximate surface area is 116 Å². The molecule has 1 aliphatic rings. The molecule has 1 aromatic carbocycles. The van der Waals surface area contributed by atoms with Gasteiger partial charge in [-0.15, -0.1) is 0 Å². The molecule has 1 aliphatic carbocycles. The van der Waals surface area contributed by atoms with Crippen LogP contribution in [0.2, 0.25) is 0 Å². The summed E-state index contributed by atoms with van der Waals surface area (Å²) < 4.78 is 5.47. The highest BCUT2D eigenvalue weighted by Crippen LogP contribution is 2.35. The summed E-state index contributed by atoms with van der Waals surface area (Å²) in [7, 11) is 0. The van der Waals surface area contributed by atoms with Crippen molar-refractivity contribution in [1.82, 2.24) is 0 Å². The predicted molar refractivity (Wildman–Crippen MR) is 77.6 cm³/mol. The summed E-state index contributed by atoms with van der Waals surface area (Å²) >= 11 is 0. The molecule has 2 atom stereocenters. The second-order valence-electron chi connectivity index (χ2n) is 5.94. The third kappa shape index (κ3) is 3.59. The summed E-state index contributed by atoms with van der Waals surface area (Å²) in [6.07, 6.45) is 3.31. The Balaban J connectivity index is 2.12. The number of carbonyl (C=O) groups excluding carboxylic acids is 1. The molecule has 104 valence electrons. The Morgan fingerprint density at radius 3 is 2.53 bits per heavy atom. The van der Waals surface area contributed by atoms with Crippen molar-refractivity contribution >= 4 is 5.78 Å². The number of hydrogen-bond donors (Lipinski definition) is 0. The zero-order chi connectivity index (χ0) is 13.8. The maximum Gasteiger partial charge on any atom is 0.166 e. The van der Waals surface area contributed by atoms with E-state index in [-0.39, 0.29) is 5.92 Å². The van der Waals surface area contributed by atoms with Crippen LogP contribution in [0.5, 0.6) is 5.75 Å². The third-order valence-electron chi connectivity index (χ3n) is 3.98. The van der Waals surface area contributed by atoms with E-state index >= 15 is 0 Å². The number of hydrogen-bond acceptors (Lipinski definition) is 2. The van der Waals surface area contributed by atoms with Crippen LogP contribution in [-0.2, 0) is 0 Å². The Morgan fingerprint density at radius 2 is 1.89 bits per heavy atom. The SMILES string of the molecule is CCOc1cccc(C(=O)C2CC(C)CC(C)C2)c1. The molecule has 1 saturated carbocycles. The van der Waals surface area contributed by atoms with Gasteiger partial charge in [0.05, 0.1) is 6.61 Å². The zero-order valence-corrected chi connectivity index (χ0v) is 12.2. The molecule has 0 radical (unpaired) electrons. The van der Waals surface area contributed by atoms with Crippen LogP contribution in [0.1, 0.15) is 50.4 Å². The van der Waals surface area contributed by atoms with Gasteiger partial charge >= 0.3 is 0 Å². The zero-order valence-electron chi connectivity index (χ0n) is 12.2. The van der Waals surface area contributed by atoms with Gasteiger partial charge in [0.1, 0.15) is 5.75 Å². The van der Waals surface area contributed by atoms with E-state index in [2.05, 4.69) is 13.8 Å². The minimum Gasteiger partial charge on any atom is -0.494 e. The molecule has 0 heterocycles. The highest BCUT2D eigenvalue weighted by molar-refractivity contribution is 5.98. The summed E-state index contributed by atoms with van der Waals surface area (Å²) in [5.41, 5.74) is 0.803. The highest BCUT2D eigenvalue weighted by Gasteiger charge is 2.29. The quantitative estimate of drug-likeness (QED) is 0.753. The topological polar surface area (TPSA) is 26.3 Å². The van der Waals surface area contributed by atoms with Crippen LogP contribution in [0.3, 0.4) is 0 Å². The maximum absolute atomic E-state index is 12.6. The van der Waals surface area contributed by atoms with E-state index in [1.807, 2.05) is 31.2 Å². The average molecular weight is 260 g/mol. The van der Waals surface area contributed by atoms with Crippen LogP contribution < -0.4 is 4.74 Å².